The smallest absolute Gasteiger partial charge is 0.374 e. The van der Waals surface area contributed by atoms with Crippen molar-refractivity contribution in [3.05, 3.63) is 33.8 Å². The minimum Gasteiger partial charge on any atom is -0.475 e. The fraction of sp³-hybridized carbons (Fsp3) is 0.400. The van der Waals surface area contributed by atoms with Gasteiger partial charge >= 0.3 is 5.97 Å². The van der Waals surface area contributed by atoms with Gasteiger partial charge in [0, 0.05) is 0 Å². The Morgan fingerprint density at radius 2 is 1.50 bits per heavy atom. The highest BCUT2D eigenvalue weighted by Crippen LogP contribution is 2.25. The molecule has 5 N–H and O–H groups in total. The summed E-state index contributed by atoms with van der Waals surface area (Å²) in [5.74, 6) is -7.61. The van der Waals surface area contributed by atoms with Gasteiger partial charge in [-0.25, -0.2) is 4.79 Å². The third-order valence-corrected chi connectivity index (χ3v) is 5.06. The van der Waals surface area contributed by atoms with Crippen LogP contribution in [0.4, 0.5) is 0 Å². The quantitative estimate of drug-likeness (QED) is 0.201. The molecule has 0 bridgehead atoms. The number of aliphatic carboxylic acids is 1. The maximum atomic E-state index is 12.6. The van der Waals surface area contributed by atoms with Crippen LogP contribution in [-0.2, 0) is 24.0 Å². The molecule has 0 aliphatic heterocycles. The zero-order valence-corrected chi connectivity index (χ0v) is 19.0. The maximum Gasteiger partial charge on any atom is 0.374 e. The van der Waals surface area contributed by atoms with E-state index >= 15 is 0 Å². The Morgan fingerprint density at radius 1 is 0.969 bits per heavy atom. The minimum absolute atomic E-state index is 0.0433. The summed E-state index contributed by atoms with van der Waals surface area (Å²) in [5, 5.41) is 13.2. The minimum atomic E-state index is -2.16. The topological polar surface area (TPSA) is 173 Å². The number of ketones is 3. The van der Waals surface area contributed by atoms with E-state index in [1.165, 1.54) is 25.1 Å². The average Bonchev–Trinajstić information content (AvgIpc) is 2.69. The van der Waals surface area contributed by atoms with E-state index in [4.69, 9.17) is 34.0 Å². The monoisotopic (exact) mass is 487 g/mol. The van der Waals surface area contributed by atoms with Crippen molar-refractivity contribution in [1.82, 2.24) is 10.6 Å². The van der Waals surface area contributed by atoms with Gasteiger partial charge in [-0.15, -0.1) is 0 Å². The molecule has 1 aromatic carbocycles. The van der Waals surface area contributed by atoms with E-state index in [0.29, 0.717) is 0 Å². The van der Waals surface area contributed by atoms with Crippen LogP contribution in [0.5, 0.6) is 0 Å². The van der Waals surface area contributed by atoms with E-state index in [2.05, 4.69) is 5.32 Å². The molecule has 1 rings (SSSR count). The van der Waals surface area contributed by atoms with E-state index in [1.807, 2.05) is 5.32 Å². The first-order chi connectivity index (χ1) is 14.8. The van der Waals surface area contributed by atoms with Crippen LogP contribution in [0.3, 0.4) is 0 Å². The Balaban J connectivity index is 3.01. The molecular formula is C20H23Cl2N3O7. The van der Waals surface area contributed by atoms with Crippen LogP contribution in [0, 0.1) is 5.92 Å². The highest BCUT2D eigenvalue weighted by molar-refractivity contribution is 6.42. The van der Waals surface area contributed by atoms with Crippen molar-refractivity contribution in [3.63, 3.8) is 0 Å². The highest BCUT2D eigenvalue weighted by Gasteiger charge is 2.36. The summed E-state index contributed by atoms with van der Waals surface area (Å²) < 4.78 is 0. The van der Waals surface area contributed by atoms with E-state index in [0.717, 1.165) is 0 Å². The number of benzene rings is 1. The number of carbonyl (C=O) groups excluding carboxylic acids is 5. The van der Waals surface area contributed by atoms with Crippen molar-refractivity contribution >= 4 is 58.3 Å². The summed E-state index contributed by atoms with van der Waals surface area (Å²) in [6.45, 7) is 4.64. The maximum absolute atomic E-state index is 12.6. The number of rotatable bonds is 11. The largest absolute Gasteiger partial charge is 0.475 e. The summed E-state index contributed by atoms with van der Waals surface area (Å²) in [5.41, 5.74) is 5.51. The summed E-state index contributed by atoms with van der Waals surface area (Å²) in [7, 11) is 0. The van der Waals surface area contributed by atoms with Crippen LogP contribution in [0.1, 0.15) is 37.6 Å². The average molecular weight is 488 g/mol. The molecule has 0 saturated heterocycles. The number of amides is 2. The van der Waals surface area contributed by atoms with Crippen molar-refractivity contribution in [2.24, 2.45) is 11.7 Å². The number of carboxylic acids is 1. The first-order valence-electron chi connectivity index (χ1n) is 9.41. The van der Waals surface area contributed by atoms with Gasteiger partial charge in [-0.1, -0.05) is 43.1 Å². The van der Waals surface area contributed by atoms with Crippen LogP contribution in [0.2, 0.25) is 10.0 Å². The summed E-state index contributed by atoms with van der Waals surface area (Å²) in [6.07, 6.45) is -0.952. The van der Waals surface area contributed by atoms with Crippen LogP contribution in [-0.4, -0.2) is 58.4 Å². The molecule has 12 heteroatoms. The highest BCUT2D eigenvalue weighted by atomic mass is 35.5. The first-order valence-corrected chi connectivity index (χ1v) is 10.2. The van der Waals surface area contributed by atoms with Crippen molar-refractivity contribution < 1.29 is 33.9 Å². The van der Waals surface area contributed by atoms with Gasteiger partial charge in [-0.3, -0.25) is 24.0 Å². The lowest BCUT2D eigenvalue weighted by molar-refractivity contribution is -0.152. The molecular weight excluding hydrogens is 465 g/mol. The van der Waals surface area contributed by atoms with E-state index in [-0.39, 0.29) is 21.5 Å². The van der Waals surface area contributed by atoms with Crippen LogP contribution < -0.4 is 16.4 Å². The van der Waals surface area contributed by atoms with Gasteiger partial charge in [-0.2, -0.15) is 0 Å². The van der Waals surface area contributed by atoms with Crippen LogP contribution >= 0.6 is 23.2 Å². The molecule has 1 unspecified atom stereocenters. The third kappa shape index (κ3) is 7.11. The van der Waals surface area contributed by atoms with Gasteiger partial charge in [0.15, 0.2) is 17.6 Å². The fourth-order valence-corrected chi connectivity index (χ4v) is 3.08. The normalized spacial score (nSPS) is 13.6. The Labute approximate surface area is 193 Å². The summed E-state index contributed by atoms with van der Waals surface area (Å²) in [4.78, 5) is 72.6. The molecule has 0 heterocycles. The lowest BCUT2D eigenvalue weighted by Gasteiger charge is -2.21. The number of Topliss-reactive ketones (excluding diaryl/α,β-unsaturated/α-hetero) is 3. The second-order valence-electron chi connectivity index (χ2n) is 7.27. The van der Waals surface area contributed by atoms with Gasteiger partial charge in [0.25, 0.3) is 5.78 Å². The van der Waals surface area contributed by atoms with Crippen molar-refractivity contribution in [1.29, 1.82) is 0 Å². The number of hydrogen-bond donors (Lipinski definition) is 4. The van der Waals surface area contributed by atoms with Gasteiger partial charge in [-0.05, 0) is 25.0 Å². The molecule has 10 nitrogen and oxygen atoms in total. The Morgan fingerprint density at radius 3 is 1.97 bits per heavy atom. The lowest BCUT2D eigenvalue weighted by atomic mass is 9.99. The lowest BCUT2D eigenvalue weighted by Crippen LogP contribution is -2.56. The fourth-order valence-electron chi connectivity index (χ4n) is 2.47. The SMILES string of the molecule is CC(C)[C@H](N)C(=O)N[C@@H](C)C(=O)NC(C(=O)CC(=O)c1c(Cl)cccc1Cl)C(=O)C(=O)O. The second-order valence-corrected chi connectivity index (χ2v) is 8.09. The Kier molecular flexibility index (Phi) is 9.95. The predicted molar refractivity (Wildman–Crippen MR) is 115 cm³/mol. The zero-order chi connectivity index (χ0) is 24.7. The molecule has 0 fully saturated rings. The van der Waals surface area contributed by atoms with Gasteiger partial charge in [0.1, 0.15) is 6.04 Å². The van der Waals surface area contributed by atoms with Crippen molar-refractivity contribution in [3.8, 4) is 0 Å². The van der Waals surface area contributed by atoms with Gasteiger partial charge < -0.3 is 21.5 Å². The molecule has 0 aromatic heterocycles. The molecule has 2 amide bonds. The van der Waals surface area contributed by atoms with Crippen molar-refractivity contribution in [2.45, 2.75) is 45.3 Å². The molecule has 0 aliphatic rings. The summed E-state index contributed by atoms with van der Waals surface area (Å²) in [6, 6.07) is -0.137. The second kappa shape index (κ2) is 11.7. The zero-order valence-electron chi connectivity index (χ0n) is 17.5. The Bertz CT molecular complexity index is 929. The molecule has 0 aliphatic carbocycles. The van der Waals surface area contributed by atoms with Crippen molar-refractivity contribution in [2.75, 3.05) is 0 Å². The first kappa shape index (κ1) is 27.2. The summed E-state index contributed by atoms with van der Waals surface area (Å²) >= 11 is 11.8. The van der Waals surface area contributed by atoms with Gasteiger partial charge in [0.2, 0.25) is 11.8 Å². The van der Waals surface area contributed by atoms with E-state index in [1.54, 1.807) is 13.8 Å². The molecule has 1 aromatic rings. The number of carboxylic acid groups (broad SMARTS) is 1. The number of nitrogens with two attached hydrogens (primary N) is 1. The van der Waals surface area contributed by atoms with E-state index in [9.17, 15) is 28.8 Å². The van der Waals surface area contributed by atoms with Crippen LogP contribution in [0.15, 0.2) is 18.2 Å². The molecule has 32 heavy (non-hydrogen) atoms. The van der Waals surface area contributed by atoms with E-state index < -0.39 is 59.7 Å². The molecule has 0 radical (unpaired) electrons. The third-order valence-electron chi connectivity index (χ3n) is 4.43. The Hall–Kier alpha value is -2.82. The molecule has 3 atom stereocenters. The molecule has 174 valence electrons. The van der Waals surface area contributed by atoms with Crippen LogP contribution in [0.25, 0.3) is 0 Å². The predicted octanol–water partition coefficient (Wildman–Crippen LogP) is 0.762. The number of halogens is 2. The number of hydrogen-bond acceptors (Lipinski definition) is 7. The number of carbonyl (C=O) groups is 6. The standard InChI is InChI=1S/C20H23Cl2N3O7/c1-8(2)15(23)19(30)24-9(3)18(29)25-16(17(28)20(31)32)13(27)7-12(26)14-10(21)5-4-6-11(14)22/h4-6,8-9,15-16H,7,23H2,1-3H3,(H,24,30)(H,25,29)(H,31,32)/t9-,15-,16?/m0/s1. The molecule has 0 saturated carbocycles. The van der Waals surface area contributed by atoms with Gasteiger partial charge in [0.05, 0.1) is 28.1 Å². The number of nitrogens with one attached hydrogen (secondary N) is 2. The molecule has 0 spiro atoms.